The van der Waals surface area contributed by atoms with Gasteiger partial charge in [0.2, 0.25) is 0 Å². The van der Waals surface area contributed by atoms with Crippen LogP contribution >= 0.6 is 15.9 Å². The van der Waals surface area contributed by atoms with Crippen molar-refractivity contribution in [3.05, 3.63) is 46.5 Å². The van der Waals surface area contributed by atoms with Crippen LogP contribution in [0.25, 0.3) is 0 Å². The van der Waals surface area contributed by atoms with Crippen molar-refractivity contribution in [2.45, 2.75) is 26.0 Å². The van der Waals surface area contributed by atoms with Crippen LogP contribution in [0.2, 0.25) is 0 Å². The lowest BCUT2D eigenvalue weighted by Crippen LogP contribution is -2.12. The van der Waals surface area contributed by atoms with E-state index >= 15 is 0 Å². The van der Waals surface area contributed by atoms with Gasteiger partial charge >= 0.3 is 0 Å². The number of nitrogens with zero attached hydrogens (tertiary/aromatic N) is 3. The number of rotatable bonds is 3. The molecule has 2 aromatic heterocycles. The van der Waals surface area contributed by atoms with Gasteiger partial charge in [-0.05, 0) is 35.8 Å². The molecule has 0 aliphatic heterocycles. The zero-order valence-electron chi connectivity index (χ0n) is 9.71. The monoisotopic (exact) mass is 295 g/mol. The van der Waals surface area contributed by atoms with Gasteiger partial charge in [-0.1, -0.05) is 6.07 Å². The molecule has 5 heteroatoms. The summed E-state index contributed by atoms with van der Waals surface area (Å²) in [4.78, 5) is 4.01. The first-order valence-corrected chi connectivity index (χ1v) is 6.21. The number of aromatic nitrogens is 3. The number of aliphatic hydroxyl groups excluding tert-OH is 1. The quantitative estimate of drug-likeness (QED) is 0.947. The summed E-state index contributed by atoms with van der Waals surface area (Å²) in [6, 6.07) is 3.85. The Kier molecular flexibility index (Phi) is 3.59. The summed E-state index contributed by atoms with van der Waals surface area (Å²) in [5, 5.41) is 14.6. The van der Waals surface area contributed by atoms with Crippen molar-refractivity contribution < 1.29 is 5.11 Å². The third-order valence-electron chi connectivity index (χ3n) is 2.54. The summed E-state index contributed by atoms with van der Waals surface area (Å²) in [5.74, 6) is 0. The van der Waals surface area contributed by atoms with Gasteiger partial charge in [0, 0.05) is 24.0 Å². The largest absolute Gasteiger partial charge is 0.382 e. The average Bonchev–Trinajstić information content (AvgIpc) is 2.71. The van der Waals surface area contributed by atoms with E-state index in [1.165, 1.54) is 0 Å². The fourth-order valence-corrected chi connectivity index (χ4v) is 2.20. The molecular weight excluding hydrogens is 282 g/mol. The van der Waals surface area contributed by atoms with Crippen LogP contribution in [0.4, 0.5) is 0 Å². The van der Waals surface area contributed by atoms with Gasteiger partial charge in [0.1, 0.15) is 6.10 Å². The highest BCUT2D eigenvalue weighted by Crippen LogP contribution is 2.29. The Hall–Kier alpha value is -1.20. The fourth-order valence-electron chi connectivity index (χ4n) is 1.71. The zero-order chi connectivity index (χ0) is 12.4. The molecule has 0 saturated heterocycles. The highest BCUT2D eigenvalue weighted by molar-refractivity contribution is 9.10. The van der Waals surface area contributed by atoms with Crippen LogP contribution < -0.4 is 0 Å². The molecule has 2 heterocycles. The normalized spacial score (nSPS) is 13.0. The van der Waals surface area contributed by atoms with Crippen LogP contribution in [-0.4, -0.2) is 19.9 Å². The molecule has 17 heavy (non-hydrogen) atoms. The Balaban J connectivity index is 2.43. The van der Waals surface area contributed by atoms with Crippen molar-refractivity contribution in [3.63, 3.8) is 0 Å². The Morgan fingerprint density at radius 1 is 1.35 bits per heavy atom. The first kappa shape index (κ1) is 12.3. The van der Waals surface area contributed by atoms with Crippen LogP contribution in [0.15, 0.2) is 35.2 Å². The van der Waals surface area contributed by atoms with E-state index in [4.69, 9.17) is 0 Å². The first-order valence-electron chi connectivity index (χ1n) is 5.42. The van der Waals surface area contributed by atoms with Crippen LogP contribution in [0.1, 0.15) is 37.3 Å². The SMILES string of the molecule is CC(C)n1ncc(Br)c1C(O)c1cccnc1. The third kappa shape index (κ3) is 2.40. The number of halogens is 1. The molecule has 2 aromatic rings. The molecule has 90 valence electrons. The second kappa shape index (κ2) is 4.98. The van der Waals surface area contributed by atoms with Gasteiger partial charge in [-0.15, -0.1) is 0 Å². The molecular formula is C12H14BrN3O. The molecule has 0 aliphatic rings. The average molecular weight is 296 g/mol. The molecule has 0 bridgehead atoms. The molecule has 0 aliphatic carbocycles. The molecule has 1 atom stereocenters. The summed E-state index contributed by atoms with van der Waals surface area (Å²) in [7, 11) is 0. The molecule has 4 nitrogen and oxygen atoms in total. The van der Waals surface area contributed by atoms with E-state index in [1.54, 1.807) is 18.6 Å². The van der Waals surface area contributed by atoms with Crippen molar-refractivity contribution in [2.75, 3.05) is 0 Å². The van der Waals surface area contributed by atoms with E-state index in [9.17, 15) is 5.11 Å². The van der Waals surface area contributed by atoms with E-state index in [0.29, 0.717) is 0 Å². The van der Waals surface area contributed by atoms with Gasteiger partial charge in [0.25, 0.3) is 0 Å². The predicted molar refractivity (Wildman–Crippen MR) is 68.6 cm³/mol. The summed E-state index contributed by atoms with van der Waals surface area (Å²) in [6.45, 7) is 4.05. The van der Waals surface area contributed by atoms with Gasteiger partial charge in [-0.3, -0.25) is 9.67 Å². The highest BCUT2D eigenvalue weighted by Gasteiger charge is 2.20. The van der Waals surface area contributed by atoms with Crippen LogP contribution in [-0.2, 0) is 0 Å². The van der Waals surface area contributed by atoms with Crippen LogP contribution in [0.5, 0.6) is 0 Å². The van der Waals surface area contributed by atoms with Crippen molar-refractivity contribution in [2.24, 2.45) is 0 Å². The minimum absolute atomic E-state index is 0.197. The Morgan fingerprint density at radius 2 is 2.12 bits per heavy atom. The second-order valence-corrected chi connectivity index (χ2v) is 4.96. The maximum Gasteiger partial charge on any atom is 0.123 e. The van der Waals surface area contributed by atoms with Gasteiger partial charge in [0.15, 0.2) is 0 Å². The van der Waals surface area contributed by atoms with E-state index < -0.39 is 6.10 Å². The van der Waals surface area contributed by atoms with Gasteiger partial charge < -0.3 is 5.11 Å². The van der Waals surface area contributed by atoms with Gasteiger partial charge in [0.05, 0.1) is 16.4 Å². The Bertz CT molecular complexity index is 496. The standard InChI is InChI=1S/C12H14BrN3O/c1-8(2)16-11(10(13)7-15-16)12(17)9-4-3-5-14-6-9/h3-8,12,17H,1-2H3. The summed E-state index contributed by atoms with van der Waals surface area (Å²) in [6.07, 6.45) is 4.33. The summed E-state index contributed by atoms with van der Waals surface area (Å²) in [5.41, 5.74) is 1.52. The van der Waals surface area contributed by atoms with Crippen molar-refractivity contribution in [1.82, 2.24) is 14.8 Å². The molecule has 1 unspecified atom stereocenters. The first-order chi connectivity index (χ1) is 8.11. The van der Waals surface area contributed by atoms with E-state index in [2.05, 4.69) is 26.0 Å². The van der Waals surface area contributed by atoms with E-state index in [0.717, 1.165) is 15.7 Å². The van der Waals surface area contributed by atoms with E-state index in [1.807, 2.05) is 30.7 Å². The number of aliphatic hydroxyl groups is 1. The second-order valence-electron chi connectivity index (χ2n) is 4.10. The lowest BCUT2D eigenvalue weighted by atomic mass is 10.1. The lowest BCUT2D eigenvalue weighted by molar-refractivity contribution is 0.204. The molecule has 1 N–H and O–H groups in total. The molecule has 0 fully saturated rings. The van der Waals surface area contributed by atoms with Crippen molar-refractivity contribution >= 4 is 15.9 Å². The van der Waals surface area contributed by atoms with Gasteiger partial charge in [-0.25, -0.2) is 0 Å². The number of hydrogen-bond acceptors (Lipinski definition) is 3. The Morgan fingerprint density at radius 3 is 2.71 bits per heavy atom. The van der Waals surface area contributed by atoms with Crippen LogP contribution in [0, 0.1) is 0 Å². The molecule has 0 amide bonds. The third-order valence-corrected chi connectivity index (χ3v) is 3.15. The minimum Gasteiger partial charge on any atom is -0.382 e. The fraction of sp³-hybridized carbons (Fsp3) is 0.333. The zero-order valence-corrected chi connectivity index (χ0v) is 11.3. The van der Waals surface area contributed by atoms with E-state index in [-0.39, 0.29) is 6.04 Å². The maximum absolute atomic E-state index is 10.4. The predicted octanol–water partition coefficient (Wildman–Crippen LogP) is 2.70. The lowest BCUT2D eigenvalue weighted by Gasteiger charge is -2.16. The smallest absolute Gasteiger partial charge is 0.123 e. The van der Waals surface area contributed by atoms with Gasteiger partial charge in [-0.2, -0.15) is 5.10 Å². The topological polar surface area (TPSA) is 50.9 Å². The van der Waals surface area contributed by atoms with Crippen molar-refractivity contribution in [3.8, 4) is 0 Å². The molecule has 2 rings (SSSR count). The molecule has 0 spiro atoms. The summed E-state index contributed by atoms with van der Waals surface area (Å²) < 4.78 is 2.62. The molecule has 0 aromatic carbocycles. The molecule has 0 radical (unpaired) electrons. The Labute approximate surface area is 108 Å². The van der Waals surface area contributed by atoms with Crippen LogP contribution in [0.3, 0.4) is 0 Å². The molecule has 0 saturated carbocycles. The number of pyridine rings is 1. The maximum atomic E-state index is 10.4. The summed E-state index contributed by atoms with van der Waals surface area (Å²) >= 11 is 3.42. The number of hydrogen-bond donors (Lipinski definition) is 1. The highest BCUT2D eigenvalue weighted by atomic mass is 79.9. The van der Waals surface area contributed by atoms with Crippen molar-refractivity contribution in [1.29, 1.82) is 0 Å². The minimum atomic E-state index is -0.719.